The lowest BCUT2D eigenvalue weighted by Crippen LogP contribution is -2.31. The van der Waals surface area contributed by atoms with Crippen molar-refractivity contribution in [1.82, 2.24) is 4.72 Å². The highest BCUT2D eigenvalue weighted by molar-refractivity contribution is 7.90. The van der Waals surface area contributed by atoms with Crippen molar-refractivity contribution >= 4 is 21.8 Å². The fourth-order valence-electron chi connectivity index (χ4n) is 2.03. The van der Waals surface area contributed by atoms with Gasteiger partial charge in [-0.3, -0.25) is 9.71 Å². The molecule has 1 aromatic rings. The molecule has 0 unspecified atom stereocenters. The molecule has 1 atom stereocenters. The SMILES string of the molecule is CC(C)[C@H](N=C1NS(=O)(=O)c2ccccc21)C(=O)OCC#N. The summed E-state index contributed by atoms with van der Waals surface area (Å²) in [5.41, 5.74) is 0.418. The number of nitrogens with zero attached hydrogens (tertiary/aromatic N) is 2. The number of carbonyl (C=O) groups excluding carboxylic acids is 1. The zero-order valence-electron chi connectivity index (χ0n) is 12.1. The molecule has 0 saturated heterocycles. The number of nitrogens with one attached hydrogen (secondary N) is 1. The van der Waals surface area contributed by atoms with Crippen LogP contribution < -0.4 is 4.72 Å². The third-order valence-electron chi connectivity index (χ3n) is 3.08. The molecular weight excluding hydrogens is 306 g/mol. The molecular formula is C14H15N3O4S. The molecule has 2 rings (SSSR count). The Morgan fingerprint density at radius 1 is 1.41 bits per heavy atom. The Kier molecular flexibility index (Phi) is 4.47. The molecule has 1 aromatic carbocycles. The second-order valence-electron chi connectivity index (χ2n) is 5.03. The molecule has 0 fully saturated rings. The predicted molar refractivity (Wildman–Crippen MR) is 78.5 cm³/mol. The number of hydrogen-bond acceptors (Lipinski definition) is 6. The first-order valence-corrected chi connectivity index (χ1v) is 8.08. The minimum absolute atomic E-state index is 0.114. The fourth-order valence-corrected chi connectivity index (χ4v) is 3.27. The zero-order chi connectivity index (χ0) is 16.3. The summed E-state index contributed by atoms with van der Waals surface area (Å²) in [6.45, 7) is 3.16. The molecule has 1 aliphatic heterocycles. The Hall–Kier alpha value is -2.40. The van der Waals surface area contributed by atoms with Gasteiger partial charge in [0.1, 0.15) is 11.9 Å². The predicted octanol–water partition coefficient (Wildman–Crippen LogP) is 0.816. The van der Waals surface area contributed by atoms with Crippen molar-refractivity contribution in [2.75, 3.05) is 6.61 Å². The van der Waals surface area contributed by atoms with Crippen molar-refractivity contribution in [1.29, 1.82) is 5.26 Å². The molecule has 0 amide bonds. The van der Waals surface area contributed by atoms with E-state index in [1.54, 1.807) is 38.1 Å². The van der Waals surface area contributed by atoms with Crippen LogP contribution in [-0.2, 0) is 19.6 Å². The average molecular weight is 321 g/mol. The minimum atomic E-state index is -3.65. The largest absolute Gasteiger partial charge is 0.449 e. The lowest BCUT2D eigenvalue weighted by Gasteiger charge is -2.15. The second kappa shape index (κ2) is 6.15. The quantitative estimate of drug-likeness (QED) is 0.826. The van der Waals surface area contributed by atoms with E-state index in [4.69, 9.17) is 10.00 Å². The summed E-state index contributed by atoms with van der Waals surface area (Å²) in [6, 6.07) is 7.21. The lowest BCUT2D eigenvalue weighted by atomic mass is 10.1. The van der Waals surface area contributed by atoms with Gasteiger partial charge < -0.3 is 4.74 Å². The number of aliphatic imine (C=N–C) groups is 1. The molecule has 0 bridgehead atoms. The fraction of sp³-hybridized carbons (Fsp3) is 0.357. The summed E-state index contributed by atoms with van der Waals surface area (Å²) in [5.74, 6) is -0.758. The average Bonchev–Trinajstić information content (AvgIpc) is 2.73. The van der Waals surface area contributed by atoms with Gasteiger partial charge >= 0.3 is 5.97 Å². The van der Waals surface area contributed by atoms with Crippen molar-refractivity contribution < 1.29 is 17.9 Å². The van der Waals surface area contributed by atoms with Crippen LogP contribution in [0.5, 0.6) is 0 Å². The van der Waals surface area contributed by atoms with Gasteiger partial charge in [-0.15, -0.1) is 0 Å². The van der Waals surface area contributed by atoms with Crippen molar-refractivity contribution in [3.8, 4) is 6.07 Å². The van der Waals surface area contributed by atoms with Crippen LogP contribution in [0, 0.1) is 17.2 Å². The van der Waals surface area contributed by atoms with E-state index >= 15 is 0 Å². The smallest absolute Gasteiger partial charge is 0.332 e. The van der Waals surface area contributed by atoms with Gasteiger partial charge in [0.2, 0.25) is 0 Å². The number of nitriles is 1. The monoisotopic (exact) mass is 321 g/mol. The molecule has 0 aromatic heterocycles. The molecule has 8 heteroatoms. The first kappa shape index (κ1) is 16.0. The van der Waals surface area contributed by atoms with Gasteiger partial charge in [-0.05, 0) is 18.1 Å². The number of hydrogen-bond donors (Lipinski definition) is 1. The van der Waals surface area contributed by atoms with E-state index in [9.17, 15) is 13.2 Å². The van der Waals surface area contributed by atoms with Crippen molar-refractivity contribution in [3.63, 3.8) is 0 Å². The third-order valence-corrected chi connectivity index (χ3v) is 4.48. The molecule has 0 saturated carbocycles. The lowest BCUT2D eigenvalue weighted by molar-refractivity contribution is -0.144. The Morgan fingerprint density at radius 3 is 2.73 bits per heavy atom. The van der Waals surface area contributed by atoms with Crippen LogP contribution in [0.4, 0.5) is 0 Å². The van der Waals surface area contributed by atoms with E-state index < -0.39 is 22.0 Å². The molecule has 0 aliphatic carbocycles. The van der Waals surface area contributed by atoms with Gasteiger partial charge in [-0.1, -0.05) is 26.0 Å². The normalized spacial score (nSPS) is 18.4. The summed E-state index contributed by atoms with van der Waals surface area (Å²) < 4.78 is 31.1. The van der Waals surface area contributed by atoms with Gasteiger partial charge in [0.05, 0.1) is 4.90 Å². The molecule has 1 N–H and O–H groups in total. The number of fused-ring (bicyclic) bond motifs is 1. The first-order valence-electron chi connectivity index (χ1n) is 6.60. The number of sulfonamides is 1. The highest BCUT2D eigenvalue weighted by atomic mass is 32.2. The van der Waals surface area contributed by atoms with Gasteiger partial charge in [0, 0.05) is 5.56 Å². The highest BCUT2D eigenvalue weighted by Crippen LogP contribution is 2.23. The van der Waals surface area contributed by atoms with Crippen LogP contribution in [0.1, 0.15) is 19.4 Å². The number of esters is 1. The third kappa shape index (κ3) is 3.09. The van der Waals surface area contributed by atoms with Gasteiger partial charge in [-0.25, -0.2) is 13.2 Å². The van der Waals surface area contributed by atoms with Crippen molar-refractivity contribution in [2.45, 2.75) is 24.8 Å². The number of ether oxygens (including phenoxy) is 1. The van der Waals surface area contributed by atoms with E-state index in [0.29, 0.717) is 5.56 Å². The molecule has 22 heavy (non-hydrogen) atoms. The van der Waals surface area contributed by atoms with E-state index in [-0.39, 0.29) is 23.3 Å². The molecule has 1 heterocycles. The van der Waals surface area contributed by atoms with E-state index in [0.717, 1.165) is 0 Å². The molecule has 1 aliphatic rings. The Morgan fingerprint density at radius 2 is 2.09 bits per heavy atom. The van der Waals surface area contributed by atoms with Crippen LogP contribution in [-0.4, -0.2) is 32.9 Å². The van der Waals surface area contributed by atoms with E-state index in [1.165, 1.54) is 6.07 Å². The van der Waals surface area contributed by atoms with Crippen LogP contribution in [0.25, 0.3) is 0 Å². The van der Waals surface area contributed by atoms with Gasteiger partial charge in [-0.2, -0.15) is 5.26 Å². The second-order valence-corrected chi connectivity index (χ2v) is 6.68. The van der Waals surface area contributed by atoms with Crippen LogP contribution >= 0.6 is 0 Å². The number of amidine groups is 1. The maximum atomic E-state index is 12.0. The number of benzene rings is 1. The molecule has 0 spiro atoms. The Labute approximate surface area is 128 Å². The summed E-state index contributed by atoms with van der Waals surface area (Å²) in [7, 11) is -3.65. The van der Waals surface area contributed by atoms with E-state index in [2.05, 4.69) is 9.71 Å². The van der Waals surface area contributed by atoms with Crippen molar-refractivity contribution in [2.24, 2.45) is 10.9 Å². The summed E-state index contributed by atoms with van der Waals surface area (Å²) in [4.78, 5) is 16.3. The summed E-state index contributed by atoms with van der Waals surface area (Å²) in [6.07, 6.45) is 0. The van der Waals surface area contributed by atoms with E-state index in [1.807, 2.05) is 0 Å². The van der Waals surface area contributed by atoms with Gasteiger partial charge in [0.15, 0.2) is 12.6 Å². The Bertz CT molecular complexity index is 763. The summed E-state index contributed by atoms with van der Waals surface area (Å²) in [5, 5.41) is 8.46. The van der Waals surface area contributed by atoms with Gasteiger partial charge in [0.25, 0.3) is 10.0 Å². The first-order chi connectivity index (χ1) is 10.4. The van der Waals surface area contributed by atoms with Crippen LogP contribution in [0.15, 0.2) is 34.2 Å². The maximum Gasteiger partial charge on any atom is 0.332 e. The minimum Gasteiger partial charge on any atom is -0.449 e. The standard InChI is InChI=1S/C14H15N3O4S/c1-9(2)12(14(18)21-8-7-15)16-13-10-5-3-4-6-11(10)22(19,20)17-13/h3-6,9,12H,8H2,1-2H3,(H,16,17)/t12-/m0/s1. The van der Waals surface area contributed by atoms with Crippen LogP contribution in [0.3, 0.4) is 0 Å². The zero-order valence-corrected chi connectivity index (χ0v) is 12.9. The summed E-state index contributed by atoms with van der Waals surface area (Å²) >= 11 is 0. The number of rotatable bonds is 4. The van der Waals surface area contributed by atoms with Crippen LogP contribution in [0.2, 0.25) is 0 Å². The molecule has 116 valence electrons. The highest BCUT2D eigenvalue weighted by Gasteiger charge is 2.33. The maximum absolute atomic E-state index is 12.0. The Balaban J connectivity index is 2.39. The molecule has 7 nitrogen and oxygen atoms in total. The molecule has 0 radical (unpaired) electrons. The number of carbonyl (C=O) groups is 1. The topological polar surface area (TPSA) is 109 Å². The van der Waals surface area contributed by atoms with Crippen molar-refractivity contribution in [3.05, 3.63) is 29.8 Å².